The number of nitriles is 2. The summed E-state index contributed by atoms with van der Waals surface area (Å²) in [5.41, 5.74) is -5.95. The molecule has 0 heterocycles. The van der Waals surface area contributed by atoms with Gasteiger partial charge in [0.15, 0.2) is 10.1 Å². The second kappa shape index (κ2) is 10.0. The largest absolute Gasteiger partial charge is 1.00 e. The van der Waals surface area contributed by atoms with E-state index in [9.17, 15) is 13.2 Å². The number of hydrogen-bond donors (Lipinski definition) is 0. The molecule has 0 aliphatic rings. The van der Waals surface area contributed by atoms with E-state index in [1.54, 1.807) is 0 Å². The molecule has 0 aliphatic heterocycles. The van der Waals surface area contributed by atoms with Gasteiger partial charge in [0.05, 0.1) is 12.1 Å². The maximum atomic E-state index is 10.7. The first-order valence-corrected chi connectivity index (χ1v) is 6.63. The van der Waals surface area contributed by atoms with Gasteiger partial charge in [-0.15, -0.1) is 0 Å². The van der Waals surface area contributed by atoms with Crippen LogP contribution in [0.3, 0.4) is 0 Å². The maximum Gasteiger partial charge on any atom is 1.00 e. The first kappa shape index (κ1) is 28.4. The molecular weight excluding hydrogens is 361 g/mol. The van der Waals surface area contributed by atoms with Crippen molar-refractivity contribution >= 4 is 10.1 Å². The second-order valence-corrected chi connectivity index (χ2v) is 6.99. The number of halogens is 3. The molecule has 0 spiro atoms. The van der Waals surface area contributed by atoms with Crippen LogP contribution in [0, 0.1) is 33.5 Å². The number of nitrogens with zero attached hydrogens (tertiary/aromatic N) is 2. The van der Waals surface area contributed by atoms with Gasteiger partial charge in [0.25, 0.3) is 0 Å². The molecular formula is C11H18CuF3N2O3S. The zero-order valence-corrected chi connectivity index (χ0v) is 14.2. The van der Waals surface area contributed by atoms with Crippen LogP contribution in [-0.4, -0.2) is 18.5 Å². The Labute approximate surface area is 134 Å². The molecule has 128 valence electrons. The van der Waals surface area contributed by atoms with Gasteiger partial charge in [-0.3, -0.25) is 0 Å². The Hall–Kier alpha value is -0.801. The van der Waals surface area contributed by atoms with Crippen LogP contribution in [0.5, 0.6) is 0 Å². The molecule has 21 heavy (non-hydrogen) atoms. The van der Waals surface area contributed by atoms with E-state index >= 15 is 0 Å². The first-order chi connectivity index (χ1) is 8.37. The van der Waals surface area contributed by atoms with Gasteiger partial charge in [0.1, 0.15) is 0 Å². The molecule has 0 aliphatic carbocycles. The average Bonchev–Trinajstić information content (AvgIpc) is 2.14. The van der Waals surface area contributed by atoms with Gasteiger partial charge >= 0.3 is 22.6 Å². The van der Waals surface area contributed by atoms with E-state index in [0.29, 0.717) is 0 Å². The van der Waals surface area contributed by atoms with Crippen LogP contribution in [0.2, 0.25) is 0 Å². The summed E-state index contributed by atoms with van der Waals surface area (Å²) in [6, 6.07) is 4.21. The Morgan fingerprint density at radius 2 is 0.952 bits per heavy atom. The minimum Gasteiger partial charge on any atom is -0.741 e. The summed E-state index contributed by atoms with van der Waals surface area (Å²) in [5, 5.41) is 16.3. The molecule has 0 bridgehead atoms. The van der Waals surface area contributed by atoms with E-state index in [1.807, 2.05) is 41.5 Å². The zero-order valence-electron chi connectivity index (χ0n) is 12.5. The summed E-state index contributed by atoms with van der Waals surface area (Å²) in [7, 11) is -6.09. The van der Waals surface area contributed by atoms with Crippen LogP contribution in [0.4, 0.5) is 13.2 Å². The molecule has 0 saturated carbocycles. The van der Waals surface area contributed by atoms with Crippen LogP contribution >= 0.6 is 0 Å². The predicted molar refractivity (Wildman–Crippen MR) is 65.9 cm³/mol. The molecule has 0 atom stereocenters. The number of hydrogen-bond acceptors (Lipinski definition) is 5. The molecule has 0 saturated heterocycles. The molecule has 0 aromatic rings. The van der Waals surface area contributed by atoms with E-state index in [2.05, 4.69) is 12.1 Å². The third kappa shape index (κ3) is 28.2. The van der Waals surface area contributed by atoms with Crippen molar-refractivity contribution < 1.29 is 43.2 Å². The van der Waals surface area contributed by atoms with Crippen LogP contribution in [-0.2, 0) is 27.2 Å². The monoisotopic (exact) mass is 378 g/mol. The van der Waals surface area contributed by atoms with Gasteiger partial charge in [-0.2, -0.15) is 23.7 Å². The predicted octanol–water partition coefficient (Wildman–Crippen LogP) is 3.16. The minimum absolute atomic E-state index is 0. The fraction of sp³-hybridized carbons (Fsp3) is 0.818. The van der Waals surface area contributed by atoms with E-state index < -0.39 is 15.6 Å². The van der Waals surface area contributed by atoms with Crippen molar-refractivity contribution in [1.29, 1.82) is 10.5 Å². The Bertz CT molecular complexity index is 439. The summed E-state index contributed by atoms with van der Waals surface area (Å²) in [6.45, 7) is 11.3. The van der Waals surface area contributed by atoms with Crippen LogP contribution in [0.1, 0.15) is 41.5 Å². The number of alkyl halides is 3. The molecule has 0 radical (unpaired) electrons. The summed E-state index contributed by atoms with van der Waals surface area (Å²) < 4.78 is 58.9. The van der Waals surface area contributed by atoms with E-state index in [4.69, 9.17) is 23.5 Å². The molecule has 0 fully saturated rings. The van der Waals surface area contributed by atoms with Crippen LogP contribution in [0.25, 0.3) is 0 Å². The molecule has 5 nitrogen and oxygen atoms in total. The third-order valence-corrected chi connectivity index (χ3v) is 1.52. The SMILES string of the molecule is CC(C)(C)C#N.CC(C)(C)C#N.O=S(=O)([O-])C(F)(F)F.[Cu+]. The van der Waals surface area contributed by atoms with Crippen LogP contribution in [0.15, 0.2) is 0 Å². The maximum absolute atomic E-state index is 10.7. The zero-order chi connectivity index (χ0) is 17.4. The Balaban J connectivity index is -0.000000102. The van der Waals surface area contributed by atoms with Crippen molar-refractivity contribution in [2.45, 2.75) is 47.1 Å². The summed E-state index contributed by atoms with van der Waals surface area (Å²) in [4.78, 5) is 0. The fourth-order valence-corrected chi connectivity index (χ4v) is 0. The topological polar surface area (TPSA) is 105 Å². The number of rotatable bonds is 0. The van der Waals surface area contributed by atoms with E-state index in [-0.39, 0.29) is 27.9 Å². The van der Waals surface area contributed by atoms with Crippen molar-refractivity contribution in [2.24, 2.45) is 10.8 Å². The van der Waals surface area contributed by atoms with Gasteiger partial charge in [-0.25, -0.2) is 8.42 Å². The van der Waals surface area contributed by atoms with E-state index in [0.717, 1.165) is 0 Å². The van der Waals surface area contributed by atoms with Crippen molar-refractivity contribution in [3.8, 4) is 12.1 Å². The second-order valence-electron chi connectivity index (χ2n) is 5.62. The third-order valence-electron chi connectivity index (χ3n) is 0.954. The molecule has 0 aromatic carbocycles. The van der Waals surface area contributed by atoms with E-state index in [1.165, 1.54) is 0 Å². The normalized spacial score (nSPS) is 11.2. The summed E-state index contributed by atoms with van der Waals surface area (Å²) in [5.74, 6) is 0. The van der Waals surface area contributed by atoms with Crippen molar-refractivity contribution in [1.82, 2.24) is 0 Å². The van der Waals surface area contributed by atoms with Crippen LogP contribution < -0.4 is 0 Å². The molecule has 10 heteroatoms. The van der Waals surface area contributed by atoms with Crippen molar-refractivity contribution in [3.63, 3.8) is 0 Å². The Morgan fingerprint density at radius 1 is 0.857 bits per heavy atom. The first-order valence-electron chi connectivity index (χ1n) is 5.22. The van der Waals surface area contributed by atoms with Crippen molar-refractivity contribution in [2.75, 3.05) is 0 Å². The minimum atomic E-state index is -6.09. The smallest absolute Gasteiger partial charge is 0.741 e. The van der Waals surface area contributed by atoms with Crippen molar-refractivity contribution in [3.05, 3.63) is 0 Å². The quantitative estimate of drug-likeness (QED) is 0.365. The Morgan fingerprint density at radius 3 is 0.952 bits per heavy atom. The summed E-state index contributed by atoms with van der Waals surface area (Å²) in [6.07, 6.45) is 0. The standard InChI is InChI=1S/2C5H9N.CHF3O3S.Cu/c2*1-5(2,3)4-6;2-1(3,4)8(5,6)7;/h2*1-3H3;(H,5,6,7);/q;;;+1/p-1. The molecule has 0 N–H and O–H groups in total. The Kier molecular flexibility index (Phi) is 13.5. The molecule has 0 amide bonds. The average molecular weight is 379 g/mol. The van der Waals surface area contributed by atoms with Gasteiger partial charge in [-0.05, 0) is 41.5 Å². The van der Waals surface area contributed by atoms with Gasteiger partial charge in [0, 0.05) is 10.8 Å². The van der Waals surface area contributed by atoms with Gasteiger partial charge in [-0.1, -0.05) is 0 Å². The molecule has 0 unspecified atom stereocenters. The molecule has 0 aromatic heterocycles. The fourth-order valence-electron chi connectivity index (χ4n) is 0. The van der Waals surface area contributed by atoms with Gasteiger partial charge < -0.3 is 4.55 Å². The summed E-state index contributed by atoms with van der Waals surface area (Å²) >= 11 is 0. The van der Waals surface area contributed by atoms with Gasteiger partial charge in [0.2, 0.25) is 0 Å². The molecule has 0 rings (SSSR count).